The fourth-order valence-electron chi connectivity index (χ4n) is 4.24. The first kappa shape index (κ1) is 26.5. The average molecular weight is 469 g/mol. The molecule has 4 atom stereocenters. The summed E-state index contributed by atoms with van der Waals surface area (Å²) >= 11 is 0. The van der Waals surface area contributed by atoms with Crippen LogP contribution < -0.4 is 27.4 Å². The Hall–Kier alpha value is -2.73. The number of nitrogens with zero attached hydrogens (tertiary/aromatic N) is 1. The van der Waals surface area contributed by atoms with Gasteiger partial charge in [-0.3, -0.25) is 19.2 Å². The molecule has 4 unspecified atom stereocenters. The van der Waals surface area contributed by atoms with Crippen LogP contribution in [0.15, 0.2) is 0 Å². The Kier molecular flexibility index (Phi) is 10.5. The van der Waals surface area contributed by atoms with E-state index < -0.39 is 41.8 Å². The Morgan fingerprint density at radius 1 is 1.03 bits per heavy atom. The minimum atomic E-state index is -1.20. The van der Waals surface area contributed by atoms with E-state index in [1.54, 1.807) is 0 Å². The zero-order valence-electron chi connectivity index (χ0n) is 18.9. The second-order valence-corrected chi connectivity index (χ2v) is 8.59. The predicted molar refractivity (Wildman–Crippen MR) is 119 cm³/mol. The minimum absolute atomic E-state index is 0.0765. The van der Waals surface area contributed by atoms with Gasteiger partial charge < -0.3 is 37.4 Å². The molecule has 8 N–H and O–H groups in total. The molecule has 2 heterocycles. The molecule has 12 heteroatoms. The van der Waals surface area contributed by atoms with E-state index in [9.17, 15) is 29.1 Å². The van der Waals surface area contributed by atoms with E-state index in [2.05, 4.69) is 16.0 Å². The molecule has 0 aromatic rings. The minimum Gasteiger partial charge on any atom is -0.480 e. The van der Waals surface area contributed by atoms with Crippen LogP contribution in [0.2, 0.25) is 0 Å². The number of carboxylic acids is 1. The van der Waals surface area contributed by atoms with Gasteiger partial charge in [-0.2, -0.15) is 0 Å². The van der Waals surface area contributed by atoms with E-state index in [4.69, 9.17) is 11.5 Å². The summed E-state index contributed by atoms with van der Waals surface area (Å²) in [4.78, 5) is 63.0. The van der Waals surface area contributed by atoms with Crippen LogP contribution in [-0.2, 0) is 24.0 Å². The van der Waals surface area contributed by atoms with Gasteiger partial charge in [-0.05, 0) is 64.5 Å². The molecule has 0 aliphatic carbocycles. The third-order valence-corrected chi connectivity index (χ3v) is 6.07. The first-order valence-electron chi connectivity index (χ1n) is 11.6. The van der Waals surface area contributed by atoms with Crippen molar-refractivity contribution in [3.63, 3.8) is 0 Å². The van der Waals surface area contributed by atoms with Crippen LogP contribution >= 0.6 is 0 Å². The van der Waals surface area contributed by atoms with E-state index in [1.165, 1.54) is 4.90 Å². The van der Waals surface area contributed by atoms with Gasteiger partial charge in [0.25, 0.3) is 0 Å². The smallest absolute Gasteiger partial charge is 0.326 e. The summed E-state index contributed by atoms with van der Waals surface area (Å²) in [5.41, 5.74) is 10.6. The van der Waals surface area contributed by atoms with Crippen LogP contribution in [0.5, 0.6) is 0 Å². The zero-order chi connectivity index (χ0) is 24.4. The summed E-state index contributed by atoms with van der Waals surface area (Å²) in [5, 5.41) is 17.6. The number of hydrogen-bond acceptors (Lipinski definition) is 7. The van der Waals surface area contributed by atoms with E-state index in [-0.39, 0.29) is 31.2 Å². The standard InChI is InChI=1S/C21H36N6O6/c22-10-2-1-5-15(21(32)33)26-18(29)13(8-9-17(23)28)25-19(30)16-7-4-12-27(16)20(31)14-6-3-11-24-14/h13-16,24H,1-12,22H2,(H2,23,28)(H,25,30)(H,26,29)(H,32,33). The molecule has 2 aliphatic heterocycles. The lowest BCUT2D eigenvalue weighted by Gasteiger charge is -2.28. The van der Waals surface area contributed by atoms with Crippen molar-refractivity contribution in [3.8, 4) is 0 Å². The maximum absolute atomic E-state index is 13.0. The van der Waals surface area contributed by atoms with Crippen LogP contribution in [0.4, 0.5) is 0 Å². The quantitative estimate of drug-likeness (QED) is 0.170. The fourth-order valence-corrected chi connectivity index (χ4v) is 4.24. The molecule has 0 spiro atoms. The lowest BCUT2D eigenvalue weighted by Crippen LogP contribution is -2.56. The van der Waals surface area contributed by atoms with E-state index in [0.29, 0.717) is 45.2 Å². The van der Waals surface area contributed by atoms with Gasteiger partial charge in [0, 0.05) is 13.0 Å². The van der Waals surface area contributed by atoms with Crippen molar-refractivity contribution in [3.05, 3.63) is 0 Å². The zero-order valence-corrected chi connectivity index (χ0v) is 18.9. The molecule has 33 heavy (non-hydrogen) atoms. The Morgan fingerprint density at radius 3 is 2.39 bits per heavy atom. The number of carboxylic acid groups (broad SMARTS) is 1. The molecule has 0 radical (unpaired) electrons. The van der Waals surface area contributed by atoms with E-state index in [0.717, 1.165) is 13.0 Å². The van der Waals surface area contributed by atoms with Gasteiger partial charge >= 0.3 is 5.97 Å². The summed E-state index contributed by atoms with van der Waals surface area (Å²) in [5.74, 6) is -3.19. The molecular formula is C21H36N6O6. The number of carbonyl (C=O) groups is 5. The molecule has 0 aromatic heterocycles. The lowest BCUT2D eigenvalue weighted by molar-refractivity contribution is -0.143. The monoisotopic (exact) mass is 468 g/mol. The summed E-state index contributed by atoms with van der Waals surface area (Å²) < 4.78 is 0. The molecule has 0 saturated carbocycles. The maximum atomic E-state index is 13.0. The number of amides is 4. The van der Waals surface area contributed by atoms with Gasteiger partial charge in [-0.15, -0.1) is 0 Å². The van der Waals surface area contributed by atoms with Gasteiger partial charge in [0.15, 0.2) is 0 Å². The molecular weight excluding hydrogens is 432 g/mol. The van der Waals surface area contributed by atoms with Crippen molar-refractivity contribution in [1.29, 1.82) is 0 Å². The number of aliphatic carboxylic acids is 1. The highest BCUT2D eigenvalue weighted by Gasteiger charge is 2.39. The molecule has 0 bridgehead atoms. The number of primary amides is 1. The van der Waals surface area contributed by atoms with Crippen molar-refractivity contribution >= 4 is 29.6 Å². The number of nitrogens with two attached hydrogens (primary N) is 2. The van der Waals surface area contributed by atoms with E-state index >= 15 is 0 Å². The first-order chi connectivity index (χ1) is 15.7. The predicted octanol–water partition coefficient (Wildman–Crippen LogP) is -1.82. The largest absolute Gasteiger partial charge is 0.480 e. The van der Waals surface area contributed by atoms with Gasteiger partial charge in [0.05, 0.1) is 6.04 Å². The number of unbranched alkanes of at least 4 members (excludes halogenated alkanes) is 1. The van der Waals surface area contributed by atoms with E-state index in [1.807, 2.05) is 0 Å². The highest BCUT2D eigenvalue weighted by molar-refractivity contribution is 5.94. The summed E-state index contributed by atoms with van der Waals surface area (Å²) in [6, 6.07) is -3.32. The molecule has 2 rings (SSSR count). The molecule has 2 fully saturated rings. The maximum Gasteiger partial charge on any atom is 0.326 e. The second kappa shape index (κ2) is 13.1. The number of likely N-dealkylation sites (tertiary alicyclic amines) is 1. The Balaban J connectivity index is 2.05. The Morgan fingerprint density at radius 2 is 1.79 bits per heavy atom. The summed E-state index contributed by atoms with van der Waals surface area (Å²) in [7, 11) is 0. The molecule has 12 nitrogen and oxygen atoms in total. The molecule has 186 valence electrons. The highest BCUT2D eigenvalue weighted by Crippen LogP contribution is 2.21. The second-order valence-electron chi connectivity index (χ2n) is 8.59. The number of nitrogens with one attached hydrogen (secondary N) is 3. The van der Waals surface area contributed by atoms with Crippen molar-refractivity contribution < 1.29 is 29.1 Å². The molecule has 2 aliphatic rings. The highest BCUT2D eigenvalue weighted by atomic mass is 16.4. The van der Waals surface area contributed by atoms with Crippen molar-refractivity contribution in [2.75, 3.05) is 19.6 Å². The molecule has 2 saturated heterocycles. The number of carbonyl (C=O) groups excluding carboxylic acids is 4. The number of hydrogen-bond donors (Lipinski definition) is 6. The van der Waals surface area contributed by atoms with Crippen molar-refractivity contribution in [1.82, 2.24) is 20.9 Å². The van der Waals surface area contributed by atoms with Crippen molar-refractivity contribution in [2.45, 2.75) is 82.0 Å². The Labute approximate surface area is 193 Å². The first-order valence-corrected chi connectivity index (χ1v) is 11.6. The lowest BCUT2D eigenvalue weighted by atomic mass is 10.1. The average Bonchev–Trinajstić information content (AvgIpc) is 3.47. The Bertz CT molecular complexity index is 726. The SMILES string of the molecule is NCCCCC(NC(=O)C(CCC(N)=O)NC(=O)C1CCCN1C(=O)C1CCCN1)C(=O)O. The third-order valence-electron chi connectivity index (χ3n) is 6.07. The van der Waals surface area contributed by atoms with Crippen molar-refractivity contribution in [2.24, 2.45) is 11.5 Å². The van der Waals surface area contributed by atoms with Crippen LogP contribution in [0, 0.1) is 0 Å². The molecule has 4 amide bonds. The van der Waals surface area contributed by atoms with Crippen LogP contribution in [0.1, 0.15) is 57.8 Å². The van der Waals surface area contributed by atoms with Gasteiger partial charge in [0.2, 0.25) is 23.6 Å². The van der Waals surface area contributed by atoms with Gasteiger partial charge in [-0.25, -0.2) is 4.79 Å². The van der Waals surface area contributed by atoms with Gasteiger partial charge in [-0.1, -0.05) is 0 Å². The van der Waals surface area contributed by atoms with Crippen LogP contribution in [0.25, 0.3) is 0 Å². The topological polar surface area (TPSA) is 197 Å². The molecule has 0 aromatic carbocycles. The normalized spacial score (nSPS) is 21.9. The number of rotatable bonds is 13. The fraction of sp³-hybridized carbons (Fsp3) is 0.762. The van der Waals surface area contributed by atoms with Crippen LogP contribution in [-0.4, -0.2) is 83.4 Å². The van der Waals surface area contributed by atoms with Crippen LogP contribution in [0.3, 0.4) is 0 Å². The van der Waals surface area contributed by atoms with Gasteiger partial charge in [0.1, 0.15) is 18.1 Å². The third kappa shape index (κ3) is 7.97. The summed E-state index contributed by atoms with van der Waals surface area (Å²) in [6.45, 7) is 1.62. The summed E-state index contributed by atoms with van der Waals surface area (Å²) in [6.07, 6.45) is 3.82.